The molecule has 2 N–H and O–H groups in total. The molecule has 0 amide bonds. The van der Waals surface area contributed by atoms with Crippen molar-refractivity contribution >= 4 is 30.3 Å². The Morgan fingerprint density at radius 3 is 2.07 bits per heavy atom. The number of fused-ring (bicyclic) bond motifs is 1. The van der Waals surface area contributed by atoms with Gasteiger partial charge in [-0.2, -0.15) is 0 Å². The van der Waals surface area contributed by atoms with E-state index < -0.39 is 13.4 Å². The van der Waals surface area contributed by atoms with Gasteiger partial charge in [0.15, 0.2) is 0 Å². The zero-order valence-electron chi connectivity index (χ0n) is 17.5. The Labute approximate surface area is 188 Å². The molecule has 1 aliphatic carbocycles. The summed E-state index contributed by atoms with van der Waals surface area (Å²) in [5, 5.41) is 0. The second kappa shape index (κ2) is 7.97. The molecule has 155 valence electrons. The maximum absolute atomic E-state index is 7.23. The number of benzene rings is 3. The van der Waals surface area contributed by atoms with Gasteiger partial charge >= 0.3 is 190 Å². The molecule has 0 bridgehead atoms. The van der Waals surface area contributed by atoms with Crippen molar-refractivity contribution in [1.82, 2.24) is 0 Å². The summed E-state index contributed by atoms with van der Waals surface area (Å²) in [6, 6.07) is 29.4. The number of nitrogens with two attached hydrogens (primary N) is 1. The van der Waals surface area contributed by atoms with Gasteiger partial charge in [-0.05, 0) is 0 Å². The molecule has 0 aromatic heterocycles. The van der Waals surface area contributed by atoms with Gasteiger partial charge in [-0.25, -0.2) is 0 Å². The van der Waals surface area contributed by atoms with Crippen molar-refractivity contribution in [2.75, 3.05) is 0 Å². The fraction of sp³-hybridized carbons (Fsp3) is 0.231. The van der Waals surface area contributed by atoms with E-state index in [-0.39, 0.29) is 9.64 Å². The Kier molecular flexibility index (Phi) is 5.81. The minimum absolute atomic E-state index is 0.221. The topological polar surface area (TPSA) is 26.0 Å². The van der Waals surface area contributed by atoms with Crippen LogP contribution >= 0.6 is 18.6 Å². The zero-order chi connectivity index (χ0) is 21.4. The van der Waals surface area contributed by atoms with Crippen molar-refractivity contribution in [2.24, 2.45) is 4.22 Å². The van der Waals surface area contributed by atoms with E-state index in [0.29, 0.717) is 4.73 Å². The van der Waals surface area contributed by atoms with Crippen LogP contribution in [0.15, 0.2) is 84.9 Å². The van der Waals surface area contributed by atoms with Gasteiger partial charge in [0.05, 0.1) is 0 Å². The summed E-state index contributed by atoms with van der Waals surface area (Å²) >= 11 is -4.38. The summed E-state index contributed by atoms with van der Waals surface area (Å²) in [5.74, 6) is 0.221. The van der Waals surface area contributed by atoms with Gasteiger partial charge < -0.3 is 0 Å². The van der Waals surface area contributed by atoms with E-state index in [1.807, 2.05) is 18.2 Å². The molecule has 0 aliphatic heterocycles. The minimum atomic E-state index is -4.38. The van der Waals surface area contributed by atoms with Crippen LogP contribution in [0.4, 0.5) is 0 Å². The summed E-state index contributed by atoms with van der Waals surface area (Å²) < 4.78 is 7.13. The van der Waals surface area contributed by atoms with Crippen molar-refractivity contribution in [3.8, 4) is 0 Å². The third-order valence-corrected chi connectivity index (χ3v) is 18.2. The van der Waals surface area contributed by atoms with Crippen LogP contribution in [-0.4, -0.2) is 0 Å². The van der Waals surface area contributed by atoms with E-state index in [4.69, 9.17) is 22.8 Å². The van der Waals surface area contributed by atoms with Crippen molar-refractivity contribution in [3.63, 3.8) is 0 Å². The molecule has 30 heavy (non-hydrogen) atoms. The summed E-state index contributed by atoms with van der Waals surface area (Å²) in [6.07, 6.45) is 3.13. The summed E-state index contributed by atoms with van der Waals surface area (Å²) in [7, 11) is 14.5. The Morgan fingerprint density at radius 1 is 0.833 bits per heavy atom. The van der Waals surface area contributed by atoms with Crippen molar-refractivity contribution in [1.29, 1.82) is 0 Å². The maximum atomic E-state index is 7.23. The molecule has 1 unspecified atom stereocenters. The van der Waals surface area contributed by atoms with Gasteiger partial charge in [0.1, 0.15) is 0 Å². The SMILES string of the molecule is C[C](C)(CC1C(c2ccccc2)=Cc2ccccc21)[Ti]([NH2])([Cl])([Cl])[CH2]c1ccccc1. The van der Waals surface area contributed by atoms with Gasteiger partial charge in [0.2, 0.25) is 0 Å². The summed E-state index contributed by atoms with van der Waals surface area (Å²) in [6.45, 7) is 4.33. The number of halogens is 2. The third-order valence-electron chi connectivity index (χ3n) is 6.63. The first kappa shape index (κ1) is 21.9. The Morgan fingerprint density at radius 2 is 1.40 bits per heavy atom. The molecule has 0 radical (unpaired) electrons. The molecule has 0 saturated heterocycles. The molecule has 3 aromatic rings. The normalized spacial score (nSPS) is 17.7. The summed E-state index contributed by atoms with van der Waals surface area (Å²) in [4.78, 5) is 0. The average molecular weight is 473 g/mol. The van der Waals surface area contributed by atoms with Crippen LogP contribution in [-0.2, 0) is 18.2 Å². The molecule has 3 aromatic carbocycles. The van der Waals surface area contributed by atoms with E-state index in [0.717, 1.165) is 12.0 Å². The van der Waals surface area contributed by atoms with Crippen LogP contribution in [0.2, 0.25) is 3.72 Å². The first-order valence-corrected chi connectivity index (χ1v) is 17.5. The second-order valence-corrected chi connectivity index (χ2v) is 23.7. The van der Waals surface area contributed by atoms with Gasteiger partial charge in [-0.3, -0.25) is 0 Å². The van der Waals surface area contributed by atoms with Crippen LogP contribution < -0.4 is 4.22 Å². The molecule has 1 aliphatic rings. The Bertz CT molecular complexity index is 1070. The van der Waals surface area contributed by atoms with Crippen molar-refractivity contribution in [3.05, 3.63) is 107 Å². The standard InChI is InChI=1S/C19H19.C7H7.2ClH.H2N.Ti/c1-14(2)12-19-17-11-7-6-10-16(17)13-18(19)15-8-4-3-5-9-15;1-7-5-3-2-4-6-7;;;;/h3-11,13,19H,12H2,1-2H3;2-6H,1H2;2*1H;1H2;/q;;;;-1;+3/p-2. The van der Waals surface area contributed by atoms with Gasteiger partial charge in [-0.15, -0.1) is 0 Å². The zero-order valence-corrected chi connectivity index (χ0v) is 20.6. The van der Waals surface area contributed by atoms with Crippen molar-refractivity contribution < 1.29 is 13.4 Å². The van der Waals surface area contributed by atoms with E-state index in [9.17, 15) is 0 Å². The van der Waals surface area contributed by atoms with Crippen LogP contribution in [0.25, 0.3) is 11.6 Å². The quantitative estimate of drug-likeness (QED) is 0.361. The molecule has 4 rings (SSSR count). The Balaban J connectivity index is 1.70. The van der Waals surface area contributed by atoms with Crippen LogP contribution in [0.3, 0.4) is 0 Å². The van der Waals surface area contributed by atoms with Crippen molar-refractivity contribution in [2.45, 2.75) is 34.6 Å². The molecular weight excluding hydrogens is 445 g/mol. The molecule has 0 saturated carbocycles. The number of rotatable bonds is 6. The fourth-order valence-electron chi connectivity index (χ4n) is 4.46. The average Bonchev–Trinajstić information content (AvgIpc) is 3.06. The summed E-state index contributed by atoms with van der Waals surface area (Å²) in [5.41, 5.74) is 6.28. The second-order valence-electron chi connectivity index (χ2n) is 9.17. The Hall–Kier alpha value is -1.35. The molecule has 0 heterocycles. The molecular formula is C26H28Cl2NTi. The predicted octanol–water partition coefficient (Wildman–Crippen LogP) is 7.98. The predicted molar refractivity (Wildman–Crippen MR) is 128 cm³/mol. The van der Waals surface area contributed by atoms with Gasteiger partial charge in [-0.1, -0.05) is 0 Å². The molecule has 1 nitrogen and oxygen atoms in total. The molecule has 4 heteroatoms. The molecule has 1 atom stereocenters. The van der Waals surface area contributed by atoms with Gasteiger partial charge in [0.25, 0.3) is 0 Å². The fourth-order valence-corrected chi connectivity index (χ4v) is 9.62. The van der Waals surface area contributed by atoms with Crippen LogP contribution in [0, 0.1) is 0 Å². The monoisotopic (exact) mass is 472 g/mol. The molecule has 0 fully saturated rings. The van der Waals surface area contributed by atoms with Gasteiger partial charge in [0, 0.05) is 0 Å². The molecule has 0 spiro atoms. The van der Waals surface area contributed by atoms with E-state index in [1.54, 1.807) is 0 Å². The van der Waals surface area contributed by atoms with Crippen LogP contribution in [0.1, 0.15) is 48.4 Å². The van der Waals surface area contributed by atoms with E-state index in [1.165, 1.54) is 22.3 Å². The number of hydrogen-bond acceptors (Lipinski definition) is 1. The third kappa shape index (κ3) is 4.20. The first-order chi connectivity index (χ1) is 14.2. The number of allylic oxidation sites excluding steroid dienone is 1. The van der Waals surface area contributed by atoms with E-state index >= 15 is 0 Å². The van der Waals surface area contributed by atoms with E-state index in [2.05, 4.69) is 86.7 Å². The first-order valence-electron chi connectivity index (χ1n) is 10.4. The van der Waals surface area contributed by atoms with Crippen LogP contribution in [0.5, 0.6) is 0 Å². The number of hydrogen-bond donors (Lipinski definition) is 1.